The highest BCUT2D eigenvalue weighted by Crippen LogP contribution is 2.24. The molecule has 0 unspecified atom stereocenters. The van der Waals surface area contributed by atoms with Crippen molar-refractivity contribution in [1.82, 2.24) is 0 Å². The van der Waals surface area contributed by atoms with Gasteiger partial charge in [-0.25, -0.2) is 0 Å². The van der Waals surface area contributed by atoms with Gasteiger partial charge in [-0.05, 0) is 43.0 Å². The lowest BCUT2D eigenvalue weighted by Gasteiger charge is -2.18. The maximum atomic E-state index is 12.5. The van der Waals surface area contributed by atoms with Gasteiger partial charge >= 0.3 is 0 Å². The lowest BCUT2D eigenvalue weighted by atomic mass is 9.95. The van der Waals surface area contributed by atoms with E-state index in [1.54, 1.807) is 25.1 Å². The van der Waals surface area contributed by atoms with Crippen LogP contribution >= 0.6 is 11.6 Å². The first-order valence-corrected chi connectivity index (χ1v) is 7.65. The number of aliphatic carboxylic acids is 1. The van der Waals surface area contributed by atoms with Gasteiger partial charge in [-0.15, -0.1) is 0 Å². The lowest BCUT2D eigenvalue weighted by molar-refractivity contribution is -0.306. The lowest BCUT2D eigenvalue weighted by Crippen LogP contribution is -2.32. The SMILES string of the molecule is Cc1c(Cl)cccc1NC(=O)[C@@H](CC(=O)[O-])Cc1ccccc1. The van der Waals surface area contributed by atoms with Gasteiger partial charge in [0.15, 0.2) is 0 Å². The Morgan fingerprint density at radius 2 is 1.83 bits per heavy atom. The van der Waals surface area contributed by atoms with Crippen LogP contribution in [-0.4, -0.2) is 11.9 Å². The topological polar surface area (TPSA) is 69.2 Å². The fourth-order valence-corrected chi connectivity index (χ4v) is 2.51. The minimum atomic E-state index is -1.25. The van der Waals surface area contributed by atoms with Gasteiger partial charge in [-0.1, -0.05) is 48.0 Å². The smallest absolute Gasteiger partial charge is 0.228 e. The van der Waals surface area contributed by atoms with Crippen LogP contribution in [0.5, 0.6) is 0 Å². The van der Waals surface area contributed by atoms with Gasteiger partial charge in [-0.3, -0.25) is 4.79 Å². The summed E-state index contributed by atoms with van der Waals surface area (Å²) in [5.41, 5.74) is 2.23. The van der Waals surface area contributed by atoms with E-state index in [2.05, 4.69) is 5.32 Å². The molecular formula is C18H17ClNO3-. The average molecular weight is 331 g/mol. The third-order valence-corrected chi connectivity index (χ3v) is 4.04. The van der Waals surface area contributed by atoms with Gasteiger partial charge in [0.2, 0.25) is 5.91 Å². The van der Waals surface area contributed by atoms with Gasteiger partial charge in [0.05, 0.1) is 0 Å². The summed E-state index contributed by atoms with van der Waals surface area (Å²) in [5.74, 6) is -2.31. The van der Waals surface area contributed by atoms with Crippen molar-refractivity contribution in [3.63, 3.8) is 0 Å². The quantitative estimate of drug-likeness (QED) is 0.885. The molecule has 0 aromatic heterocycles. The van der Waals surface area contributed by atoms with E-state index in [0.717, 1.165) is 11.1 Å². The summed E-state index contributed by atoms with van der Waals surface area (Å²) in [6, 6.07) is 14.5. The van der Waals surface area contributed by atoms with Crippen LogP contribution in [0.25, 0.3) is 0 Å². The summed E-state index contributed by atoms with van der Waals surface area (Å²) in [4.78, 5) is 23.4. The van der Waals surface area contributed by atoms with Gasteiger partial charge in [0, 0.05) is 22.6 Å². The molecule has 0 radical (unpaired) electrons. The number of halogens is 1. The van der Waals surface area contributed by atoms with Crippen molar-refractivity contribution < 1.29 is 14.7 Å². The molecule has 1 N–H and O–H groups in total. The van der Waals surface area contributed by atoms with Crippen molar-refractivity contribution in [2.75, 3.05) is 5.32 Å². The van der Waals surface area contributed by atoms with Gasteiger partial charge in [0.25, 0.3) is 0 Å². The van der Waals surface area contributed by atoms with Crippen LogP contribution in [0.1, 0.15) is 17.5 Å². The van der Waals surface area contributed by atoms with Crippen LogP contribution < -0.4 is 10.4 Å². The molecule has 2 rings (SSSR count). The second kappa shape index (κ2) is 7.79. The number of carboxylic acid groups (broad SMARTS) is 1. The number of carboxylic acids is 1. The van der Waals surface area contributed by atoms with Gasteiger partial charge in [-0.2, -0.15) is 0 Å². The Hall–Kier alpha value is -2.33. The molecule has 4 nitrogen and oxygen atoms in total. The molecule has 0 spiro atoms. The van der Waals surface area contributed by atoms with E-state index >= 15 is 0 Å². The number of anilines is 1. The Bertz CT molecular complexity index is 701. The molecule has 120 valence electrons. The highest BCUT2D eigenvalue weighted by molar-refractivity contribution is 6.31. The predicted octanol–water partition coefficient (Wildman–Crippen LogP) is 2.59. The Kier molecular flexibility index (Phi) is 5.77. The van der Waals surface area contributed by atoms with Crippen LogP contribution in [-0.2, 0) is 16.0 Å². The molecule has 0 aliphatic carbocycles. The molecule has 5 heteroatoms. The largest absolute Gasteiger partial charge is 0.550 e. The highest BCUT2D eigenvalue weighted by atomic mass is 35.5. The molecular weight excluding hydrogens is 314 g/mol. The van der Waals surface area contributed by atoms with E-state index in [9.17, 15) is 14.7 Å². The zero-order valence-electron chi connectivity index (χ0n) is 12.7. The van der Waals surface area contributed by atoms with Crippen LogP contribution in [0.3, 0.4) is 0 Å². The van der Waals surface area contributed by atoms with Crippen molar-refractivity contribution in [2.45, 2.75) is 19.8 Å². The minimum Gasteiger partial charge on any atom is -0.550 e. The third-order valence-electron chi connectivity index (χ3n) is 3.63. The second-order valence-corrected chi connectivity index (χ2v) is 5.77. The van der Waals surface area contributed by atoms with Gasteiger partial charge < -0.3 is 15.2 Å². The molecule has 0 fully saturated rings. The normalized spacial score (nSPS) is 11.7. The maximum absolute atomic E-state index is 12.5. The Balaban J connectivity index is 2.16. The van der Waals surface area contributed by atoms with Gasteiger partial charge in [0.1, 0.15) is 0 Å². The fourth-order valence-electron chi connectivity index (χ4n) is 2.34. The molecule has 0 heterocycles. The number of rotatable bonds is 6. The van der Waals surface area contributed by atoms with Crippen LogP contribution in [0.4, 0.5) is 5.69 Å². The van der Waals surface area contributed by atoms with Crippen molar-refractivity contribution in [1.29, 1.82) is 0 Å². The first-order valence-electron chi connectivity index (χ1n) is 7.27. The van der Waals surface area contributed by atoms with Crippen LogP contribution in [0.2, 0.25) is 5.02 Å². The zero-order chi connectivity index (χ0) is 16.8. The first kappa shape index (κ1) is 17.0. The number of amides is 1. The molecule has 0 saturated heterocycles. The number of carbonyl (C=O) groups is 2. The minimum absolute atomic E-state index is 0.333. The van der Waals surface area contributed by atoms with E-state index in [4.69, 9.17) is 11.6 Å². The number of hydrogen-bond acceptors (Lipinski definition) is 3. The Labute approximate surface area is 140 Å². The maximum Gasteiger partial charge on any atom is 0.228 e. The number of benzene rings is 2. The summed E-state index contributed by atoms with van der Waals surface area (Å²) in [6.45, 7) is 1.79. The second-order valence-electron chi connectivity index (χ2n) is 5.36. The van der Waals surface area contributed by atoms with E-state index in [1.807, 2.05) is 30.3 Å². The summed E-state index contributed by atoms with van der Waals surface area (Å²) >= 11 is 6.04. The van der Waals surface area contributed by atoms with Crippen LogP contribution in [0.15, 0.2) is 48.5 Å². The molecule has 2 aromatic rings. The number of carbonyl (C=O) groups excluding carboxylic acids is 2. The monoisotopic (exact) mass is 330 g/mol. The van der Waals surface area contributed by atoms with Crippen molar-refractivity contribution in [2.24, 2.45) is 5.92 Å². The van der Waals surface area contributed by atoms with Crippen molar-refractivity contribution in [3.05, 3.63) is 64.7 Å². The summed E-state index contributed by atoms with van der Waals surface area (Å²) < 4.78 is 0. The molecule has 1 atom stereocenters. The Morgan fingerprint density at radius 1 is 1.13 bits per heavy atom. The summed E-state index contributed by atoms with van der Waals surface area (Å²) in [7, 11) is 0. The standard InChI is InChI=1S/C18H18ClNO3/c1-12-15(19)8-5-9-16(12)20-18(23)14(11-17(21)22)10-13-6-3-2-4-7-13/h2-9,14H,10-11H2,1H3,(H,20,23)(H,21,22)/p-1/t14-/m1/s1. The van der Waals surface area contributed by atoms with Crippen molar-refractivity contribution >= 4 is 29.2 Å². The fraction of sp³-hybridized carbons (Fsp3) is 0.222. The number of hydrogen-bond donors (Lipinski definition) is 1. The highest BCUT2D eigenvalue weighted by Gasteiger charge is 2.20. The summed E-state index contributed by atoms with van der Waals surface area (Å²) in [5, 5.41) is 14.3. The first-order chi connectivity index (χ1) is 11.0. The Morgan fingerprint density at radius 3 is 2.48 bits per heavy atom. The van der Waals surface area contributed by atoms with E-state index in [1.165, 1.54) is 0 Å². The molecule has 0 bridgehead atoms. The molecule has 2 aromatic carbocycles. The predicted molar refractivity (Wildman–Crippen MR) is 88.1 cm³/mol. The molecule has 0 aliphatic rings. The number of nitrogens with one attached hydrogen (secondary N) is 1. The molecule has 0 aliphatic heterocycles. The zero-order valence-corrected chi connectivity index (χ0v) is 13.5. The van der Waals surface area contributed by atoms with E-state index in [0.29, 0.717) is 17.1 Å². The third kappa shape index (κ3) is 4.83. The van der Waals surface area contributed by atoms with Crippen molar-refractivity contribution in [3.8, 4) is 0 Å². The molecule has 23 heavy (non-hydrogen) atoms. The molecule has 1 amide bonds. The molecule has 0 saturated carbocycles. The van der Waals surface area contributed by atoms with E-state index in [-0.39, 0.29) is 12.3 Å². The summed E-state index contributed by atoms with van der Waals surface area (Å²) in [6.07, 6.45) is 0.000603. The van der Waals surface area contributed by atoms with E-state index < -0.39 is 11.9 Å². The average Bonchev–Trinajstić information content (AvgIpc) is 2.52. The van der Waals surface area contributed by atoms with Crippen LogP contribution in [0, 0.1) is 12.8 Å².